The van der Waals surface area contributed by atoms with Crippen LogP contribution in [-0.4, -0.2) is 25.5 Å². The first-order valence-corrected chi connectivity index (χ1v) is 4.11. The molecule has 0 rings (SSSR count). The summed E-state index contributed by atoms with van der Waals surface area (Å²) in [6.07, 6.45) is 2.38. The van der Waals surface area contributed by atoms with Crippen molar-refractivity contribution in [2.24, 2.45) is 0 Å². The highest BCUT2D eigenvalue weighted by molar-refractivity contribution is 5.78. The third kappa shape index (κ3) is 7.05. The topological polar surface area (TPSA) is 62.2 Å². The summed E-state index contributed by atoms with van der Waals surface area (Å²) in [7, 11) is 0. The first-order chi connectivity index (χ1) is 5.81. The van der Waals surface area contributed by atoms with Crippen LogP contribution in [0.2, 0.25) is 0 Å². The fraction of sp³-hybridized carbons (Fsp3) is 0.750. The maximum Gasteiger partial charge on any atom is 0.417 e. The summed E-state index contributed by atoms with van der Waals surface area (Å²) in [5.41, 5.74) is 0. The maximum atomic E-state index is 9.60. The molecule has 0 heterocycles. The maximum absolute atomic E-state index is 9.60. The summed E-state index contributed by atoms with van der Waals surface area (Å²) in [4.78, 5) is 9.60. The highest BCUT2D eigenvalue weighted by Gasteiger charge is 1.94. The highest BCUT2D eigenvalue weighted by Crippen LogP contribution is 1.95. The van der Waals surface area contributed by atoms with Crippen molar-refractivity contribution in [2.75, 3.05) is 13.2 Å². The zero-order chi connectivity index (χ0) is 9.23. The van der Waals surface area contributed by atoms with Gasteiger partial charge >= 0.3 is 6.47 Å². The van der Waals surface area contributed by atoms with Crippen molar-refractivity contribution >= 4 is 12.3 Å². The Morgan fingerprint density at radius 2 is 2.33 bits per heavy atom. The fourth-order valence-electron chi connectivity index (χ4n) is 0.819. The van der Waals surface area contributed by atoms with Crippen LogP contribution in [0, 0.1) is 5.41 Å². The third-order valence-corrected chi connectivity index (χ3v) is 1.37. The van der Waals surface area contributed by atoms with Gasteiger partial charge in [0.1, 0.15) is 0 Å². The van der Waals surface area contributed by atoms with Crippen LogP contribution in [0.25, 0.3) is 0 Å². The first-order valence-electron chi connectivity index (χ1n) is 4.11. The van der Waals surface area contributed by atoms with Crippen LogP contribution in [0.4, 0.5) is 0 Å². The molecule has 4 nitrogen and oxygen atoms in total. The molecule has 0 saturated carbocycles. The van der Waals surface area contributed by atoms with E-state index in [0.717, 1.165) is 25.8 Å². The molecule has 69 valence electrons. The molecule has 12 heavy (non-hydrogen) atoms. The quantitative estimate of drug-likeness (QED) is 0.339. The minimum absolute atomic E-state index is 0.406. The van der Waals surface area contributed by atoms with Gasteiger partial charge in [-0.05, 0) is 19.8 Å². The van der Waals surface area contributed by atoms with Crippen LogP contribution in [0.15, 0.2) is 0 Å². The van der Waals surface area contributed by atoms with Crippen molar-refractivity contribution in [1.29, 1.82) is 5.41 Å². The molecule has 0 amide bonds. The molecular weight excluding hydrogens is 156 g/mol. The van der Waals surface area contributed by atoms with E-state index in [0.29, 0.717) is 12.4 Å². The van der Waals surface area contributed by atoms with Gasteiger partial charge in [-0.25, -0.2) is 4.79 Å². The molecule has 0 aromatic heterocycles. The molecule has 0 aromatic rings. The van der Waals surface area contributed by atoms with E-state index in [2.05, 4.69) is 10.1 Å². The van der Waals surface area contributed by atoms with Crippen LogP contribution in [-0.2, 0) is 9.53 Å². The minimum Gasteiger partial charge on any atom is -0.457 e. The van der Waals surface area contributed by atoms with E-state index in [-0.39, 0.29) is 0 Å². The van der Waals surface area contributed by atoms with Crippen molar-refractivity contribution in [3.05, 3.63) is 0 Å². The molecule has 1 radical (unpaired) electrons. The Morgan fingerprint density at radius 3 is 2.92 bits per heavy atom. The summed E-state index contributed by atoms with van der Waals surface area (Å²) in [6.45, 7) is 4.51. The monoisotopic (exact) mass is 171 g/mol. The Kier molecular flexibility index (Phi) is 7.33. The summed E-state index contributed by atoms with van der Waals surface area (Å²) < 4.78 is 4.38. The smallest absolute Gasteiger partial charge is 0.417 e. The van der Waals surface area contributed by atoms with Crippen LogP contribution in [0.1, 0.15) is 26.2 Å². The van der Waals surface area contributed by atoms with E-state index in [1.165, 1.54) is 6.47 Å². The van der Waals surface area contributed by atoms with E-state index in [1.807, 2.05) is 6.92 Å². The van der Waals surface area contributed by atoms with Gasteiger partial charge in [0.25, 0.3) is 0 Å². The van der Waals surface area contributed by atoms with E-state index >= 15 is 0 Å². The Bertz CT molecular complexity index is 137. The van der Waals surface area contributed by atoms with Gasteiger partial charge in [0.05, 0.1) is 12.4 Å². The van der Waals surface area contributed by atoms with Gasteiger partial charge < -0.3 is 10.1 Å². The first kappa shape index (κ1) is 10.9. The van der Waals surface area contributed by atoms with Crippen LogP contribution in [0.3, 0.4) is 0 Å². The van der Waals surface area contributed by atoms with Gasteiger partial charge in [0.2, 0.25) is 0 Å². The largest absolute Gasteiger partial charge is 0.457 e. The van der Waals surface area contributed by atoms with Crippen molar-refractivity contribution in [1.82, 2.24) is 5.32 Å². The Morgan fingerprint density at radius 1 is 1.58 bits per heavy atom. The lowest BCUT2D eigenvalue weighted by Gasteiger charge is -2.03. The average molecular weight is 171 g/mol. The minimum atomic E-state index is 0.406. The molecule has 0 aliphatic rings. The average Bonchev–Trinajstić information content (AvgIpc) is 2.05. The zero-order valence-corrected chi connectivity index (χ0v) is 7.35. The third-order valence-electron chi connectivity index (χ3n) is 1.37. The van der Waals surface area contributed by atoms with E-state index in [9.17, 15) is 4.79 Å². The number of hydrogen-bond donors (Lipinski definition) is 2. The van der Waals surface area contributed by atoms with Gasteiger partial charge in [-0.1, -0.05) is 0 Å². The van der Waals surface area contributed by atoms with Crippen molar-refractivity contribution in [3.8, 4) is 0 Å². The van der Waals surface area contributed by atoms with Crippen LogP contribution in [0.5, 0.6) is 0 Å². The lowest BCUT2D eigenvalue weighted by molar-refractivity contribution is 0.271. The molecule has 0 unspecified atom stereocenters. The Labute approximate surface area is 72.8 Å². The van der Waals surface area contributed by atoms with Gasteiger partial charge in [0.15, 0.2) is 0 Å². The van der Waals surface area contributed by atoms with Gasteiger partial charge in [0, 0.05) is 13.0 Å². The molecular formula is C8H15N2O2. The van der Waals surface area contributed by atoms with Crippen molar-refractivity contribution < 1.29 is 9.53 Å². The molecule has 0 aliphatic heterocycles. The number of nitrogens with one attached hydrogen (secondary N) is 2. The van der Waals surface area contributed by atoms with Gasteiger partial charge in [-0.3, -0.25) is 5.41 Å². The number of unbranched alkanes of at least 4 members (excludes halogenated alkanes) is 1. The number of ether oxygens (including phenoxy) is 1. The second kappa shape index (κ2) is 8.04. The molecule has 4 heteroatoms. The second-order valence-electron chi connectivity index (χ2n) is 2.40. The molecule has 0 saturated heterocycles. The number of rotatable bonds is 7. The predicted octanol–water partition coefficient (Wildman–Crippen LogP) is 0.827. The molecule has 0 atom stereocenters. The molecule has 2 N–H and O–H groups in total. The normalized spacial score (nSPS) is 9.08. The van der Waals surface area contributed by atoms with Crippen LogP contribution >= 0.6 is 0 Å². The summed E-state index contributed by atoms with van der Waals surface area (Å²) in [6, 6.07) is 0. The molecule has 0 aromatic carbocycles. The van der Waals surface area contributed by atoms with Crippen molar-refractivity contribution in [3.63, 3.8) is 0 Å². The molecule has 0 bridgehead atoms. The second-order valence-corrected chi connectivity index (χ2v) is 2.40. The summed E-state index contributed by atoms with van der Waals surface area (Å²) in [5.74, 6) is 0.549. The van der Waals surface area contributed by atoms with Crippen molar-refractivity contribution in [2.45, 2.75) is 26.2 Å². The van der Waals surface area contributed by atoms with E-state index < -0.39 is 0 Å². The SMILES string of the molecule is CCNC(=N)CCCCO[C]=O. The van der Waals surface area contributed by atoms with E-state index in [4.69, 9.17) is 5.41 Å². The Balaban J connectivity index is 3.08. The summed E-state index contributed by atoms with van der Waals surface area (Å²) >= 11 is 0. The standard InChI is InChI=1S/C8H15N2O2/c1-2-10-8(9)5-3-4-6-12-7-11/h2-6H2,1H3,(H2,9,10). The molecule has 0 fully saturated rings. The fourth-order valence-corrected chi connectivity index (χ4v) is 0.819. The predicted molar refractivity (Wildman–Crippen MR) is 46.9 cm³/mol. The van der Waals surface area contributed by atoms with Gasteiger partial charge in [-0.2, -0.15) is 0 Å². The number of hydrogen-bond acceptors (Lipinski definition) is 3. The number of amidine groups is 1. The summed E-state index contributed by atoms with van der Waals surface area (Å²) in [5, 5.41) is 10.2. The highest BCUT2D eigenvalue weighted by atomic mass is 16.5. The van der Waals surface area contributed by atoms with Gasteiger partial charge in [-0.15, -0.1) is 0 Å². The number of carbonyl (C=O) groups excluding carboxylic acids is 1. The molecule has 0 spiro atoms. The Hall–Kier alpha value is -1.06. The zero-order valence-electron chi connectivity index (χ0n) is 7.35. The lowest BCUT2D eigenvalue weighted by atomic mass is 10.2. The lowest BCUT2D eigenvalue weighted by Crippen LogP contribution is -2.21. The van der Waals surface area contributed by atoms with E-state index in [1.54, 1.807) is 0 Å². The van der Waals surface area contributed by atoms with Crippen LogP contribution < -0.4 is 5.32 Å². The molecule has 0 aliphatic carbocycles.